The van der Waals surface area contributed by atoms with Gasteiger partial charge in [0.2, 0.25) is 5.91 Å². The van der Waals surface area contributed by atoms with Crippen molar-refractivity contribution in [3.63, 3.8) is 0 Å². The number of hydrogen-bond acceptors (Lipinski definition) is 2. The number of nitrogens with one attached hydrogen (secondary N) is 2. The summed E-state index contributed by atoms with van der Waals surface area (Å²) < 4.78 is 0. The lowest BCUT2D eigenvalue weighted by atomic mass is 9.92. The van der Waals surface area contributed by atoms with Crippen molar-refractivity contribution in [3.05, 3.63) is 65.7 Å². The highest BCUT2D eigenvalue weighted by Gasteiger charge is 2.28. The van der Waals surface area contributed by atoms with E-state index in [-0.39, 0.29) is 5.92 Å². The summed E-state index contributed by atoms with van der Waals surface area (Å²) in [5, 5.41) is 14.1. The molecule has 0 saturated heterocycles. The topological polar surface area (TPSA) is 78.4 Å². The quantitative estimate of drug-likeness (QED) is 0.740. The molecule has 0 aliphatic carbocycles. The molecule has 0 bridgehead atoms. The molecule has 0 aromatic heterocycles. The lowest BCUT2D eigenvalue weighted by Crippen LogP contribution is -2.46. The average Bonchev–Trinajstić information content (AvgIpc) is 2.60. The summed E-state index contributed by atoms with van der Waals surface area (Å²) in [7, 11) is 0. The second kappa shape index (κ2) is 7.84. The Hall–Kier alpha value is -3.26. The van der Waals surface area contributed by atoms with E-state index in [1.807, 2.05) is 30.3 Å². The Bertz CT molecular complexity index is 748. The van der Waals surface area contributed by atoms with Gasteiger partial charge >= 0.3 is 6.09 Å². The zero-order chi connectivity index (χ0) is 17.5. The number of anilines is 1. The summed E-state index contributed by atoms with van der Waals surface area (Å²) in [4.78, 5) is 23.6. The minimum atomic E-state index is -1.25. The van der Waals surface area contributed by atoms with E-state index in [9.17, 15) is 9.59 Å². The van der Waals surface area contributed by atoms with Gasteiger partial charge in [-0.05, 0) is 29.8 Å². The fraction of sp³-hybridized carbons (Fsp3) is 0.158. The van der Waals surface area contributed by atoms with Gasteiger partial charge in [-0.25, -0.2) is 4.79 Å². The van der Waals surface area contributed by atoms with Crippen molar-refractivity contribution < 1.29 is 14.7 Å². The summed E-state index contributed by atoms with van der Waals surface area (Å²) in [5.74, 6) is 1.74. The highest BCUT2D eigenvalue weighted by molar-refractivity contribution is 5.97. The number of carbonyl (C=O) groups is 2. The highest BCUT2D eigenvalue weighted by Crippen LogP contribution is 2.20. The molecule has 5 nitrogen and oxygen atoms in total. The fourth-order valence-electron chi connectivity index (χ4n) is 2.37. The van der Waals surface area contributed by atoms with Crippen LogP contribution in [0, 0.1) is 12.3 Å². The first-order valence-corrected chi connectivity index (χ1v) is 7.43. The van der Waals surface area contributed by atoms with Crippen LogP contribution in [0.3, 0.4) is 0 Å². The monoisotopic (exact) mass is 322 g/mol. The Morgan fingerprint density at radius 2 is 1.71 bits per heavy atom. The van der Waals surface area contributed by atoms with E-state index in [1.165, 1.54) is 0 Å². The number of carbonyl (C=O) groups excluding carboxylic acids is 1. The maximum atomic E-state index is 12.5. The van der Waals surface area contributed by atoms with Gasteiger partial charge in [0, 0.05) is 17.2 Å². The van der Waals surface area contributed by atoms with Gasteiger partial charge < -0.3 is 15.7 Å². The average molecular weight is 322 g/mol. The number of hydrogen-bond donors (Lipinski definition) is 3. The van der Waals surface area contributed by atoms with E-state index >= 15 is 0 Å². The molecule has 2 aromatic rings. The maximum absolute atomic E-state index is 12.5. The first-order valence-electron chi connectivity index (χ1n) is 7.43. The van der Waals surface area contributed by atoms with Gasteiger partial charge in [0.15, 0.2) is 0 Å². The molecule has 122 valence electrons. The van der Waals surface area contributed by atoms with Crippen LogP contribution < -0.4 is 10.6 Å². The molecule has 0 spiro atoms. The van der Waals surface area contributed by atoms with Gasteiger partial charge in [-0.3, -0.25) is 4.79 Å². The molecule has 2 aromatic carbocycles. The van der Waals surface area contributed by atoms with Crippen molar-refractivity contribution in [1.82, 2.24) is 5.32 Å². The molecule has 24 heavy (non-hydrogen) atoms. The van der Waals surface area contributed by atoms with Crippen molar-refractivity contribution in [2.45, 2.75) is 18.9 Å². The third-order valence-electron chi connectivity index (χ3n) is 3.71. The van der Waals surface area contributed by atoms with E-state index in [2.05, 4.69) is 16.6 Å². The van der Waals surface area contributed by atoms with E-state index in [0.717, 1.165) is 5.56 Å². The van der Waals surface area contributed by atoms with Crippen molar-refractivity contribution in [3.8, 4) is 12.3 Å². The molecule has 0 heterocycles. The summed E-state index contributed by atoms with van der Waals surface area (Å²) in [5.41, 5.74) is 2.12. The molecule has 2 amide bonds. The van der Waals surface area contributed by atoms with Crippen molar-refractivity contribution >= 4 is 17.7 Å². The molecule has 0 saturated carbocycles. The lowest BCUT2D eigenvalue weighted by molar-refractivity contribution is -0.118. The summed E-state index contributed by atoms with van der Waals surface area (Å²) >= 11 is 0. The van der Waals surface area contributed by atoms with E-state index in [4.69, 9.17) is 11.5 Å². The molecule has 5 heteroatoms. The standard InChI is InChI=1S/C19H18N2O3/c1-3-14-9-11-16(12-10-14)20-18(22)17(21-19(23)24)13(2)15-7-5-4-6-8-15/h1,4-13,17,21H,2H3,(H,20,22)(H,23,24)/t13-,17-/m0/s1. The van der Waals surface area contributed by atoms with Gasteiger partial charge in [-0.2, -0.15) is 0 Å². The van der Waals surface area contributed by atoms with E-state index in [0.29, 0.717) is 11.3 Å². The minimum Gasteiger partial charge on any atom is -0.465 e. The SMILES string of the molecule is C#Cc1ccc(NC(=O)[C@@H](NC(=O)O)[C@@H](C)c2ccccc2)cc1. The van der Waals surface area contributed by atoms with Gasteiger partial charge in [0.1, 0.15) is 6.04 Å². The highest BCUT2D eigenvalue weighted by atomic mass is 16.4. The molecule has 0 aliphatic heterocycles. The third kappa shape index (κ3) is 4.37. The number of carboxylic acid groups (broad SMARTS) is 1. The van der Waals surface area contributed by atoms with Crippen LogP contribution in [0.25, 0.3) is 0 Å². The summed E-state index contributed by atoms with van der Waals surface area (Å²) in [6.07, 6.45) is 4.05. The predicted molar refractivity (Wildman–Crippen MR) is 92.8 cm³/mol. The molecule has 3 N–H and O–H groups in total. The molecular formula is C19H18N2O3. The molecule has 0 aliphatic rings. The molecule has 0 fully saturated rings. The smallest absolute Gasteiger partial charge is 0.405 e. The number of terminal acetylenes is 1. The van der Waals surface area contributed by atoms with Crippen LogP contribution >= 0.6 is 0 Å². The Morgan fingerprint density at radius 3 is 2.25 bits per heavy atom. The Labute approximate surface area is 140 Å². The van der Waals surface area contributed by atoms with Gasteiger partial charge in [0.25, 0.3) is 0 Å². The first-order chi connectivity index (χ1) is 11.5. The van der Waals surface area contributed by atoms with Gasteiger partial charge in [-0.1, -0.05) is 43.2 Å². The van der Waals surface area contributed by atoms with Crippen LogP contribution in [0.5, 0.6) is 0 Å². The Balaban J connectivity index is 2.18. The zero-order valence-corrected chi connectivity index (χ0v) is 13.2. The summed E-state index contributed by atoms with van der Waals surface area (Å²) in [6.45, 7) is 1.80. The molecule has 0 unspecified atom stereocenters. The zero-order valence-electron chi connectivity index (χ0n) is 13.2. The third-order valence-corrected chi connectivity index (χ3v) is 3.71. The minimum absolute atomic E-state index is 0.327. The lowest BCUT2D eigenvalue weighted by Gasteiger charge is -2.23. The largest absolute Gasteiger partial charge is 0.465 e. The van der Waals surface area contributed by atoms with Crippen LogP contribution in [0.4, 0.5) is 10.5 Å². The van der Waals surface area contributed by atoms with Crippen LogP contribution in [0.15, 0.2) is 54.6 Å². The maximum Gasteiger partial charge on any atom is 0.405 e. The van der Waals surface area contributed by atoms with Crippen molar-refractivity contribution in [2.24, 2.45) is 0 Å². The summed E-state index contributed by atoms with van der Waals surface area (Å²) in [6, 6.07) is 15.1. The predicted octanol–water partition coefficient (Wildman–Crippen LogP) is 3.05. The molecule has 2 rings (SSSR count). The fourth-order valence-corrected chi connectivity index (χ4v) is 2.37. The first kappa shape index (κ1) is 17.1. The normalized spacial score (nSPS) is 12.5. The van der Waals surface area contributed by atoms with Crippen molar-refractivity contribution in [2.75, 3.05) is 5.32 Å². The van der Waals surface area contributed by atoms with E-state index in [1.54, 1.807) is 31.2 Å². The second-order valence-corrected chi connectivity index (χ2v) is 5.34. The van der Waals surface area contributed by atoms with Crippen LogP contribution in [0.1, 0.15) is 24.0 Å². The van der Waals surface area contributed by atoms with Crippen LogP contribution in [-0.2, 0) is 4.79 Å². The molecule has 2 atom stereocenters. The Morgan fingerprint density at radius 1 is 1.08 bits per heavy atom. The molecular weight excluding hydrogens is 304 g/mol. The second-order valence-electron chi connectivity index (χ2n) is 5.34. The number of amides is 2. The number of rotatable bonds is 5. The van der Waals surface area contributed by atoms with E-state index < -0.39 is 18.0 Å². The number of benzene rings is 2. The van der Waals surface area contributed by atoms with Crippen molar-refractivity contribution in [1.29, 1.82) is 0 Å². The van der Waals surface area contributed by atoms with Gasteiger partial charge in [0.05, 0.1) is 0 Å². The van der Waals surface area contributed by atoms with Crippen LogP contribution in [-0.4, -0.2) is 23.1 Å². The Kier molecular flexibility index (Phi) is 5.58. The molecule has 0 radical (unpaired) electrons. The van der Waals surface area contributed by atoms with Crippen LogP contribution in [0.2, 0.25) is 0 Å². The van der Waals surface area contributed by atoms with Gasteiger partial charge in [-0.15, -0.1) is 6.42 Å².